The molecule has 5 aromatic rings. The molecule has 8 rings (SSSR count). The molecule has 2 fully saturated rings. The van der Waals surface area contributed by atoms with Gasteiger partial charge in [-0.2, -0.15) is 4.98 Å². The number of hydrogen-bond acceptors (Lipinski definition) is 7. The van der Waals surface area contributed by atoms with Gasteiger partial charge in [0.2, 0.25) is 5.95 Å². The first-order chi connectivity index (χ1) is 21.6. The standard InChI is InChI=1S/C36H34N6O2/c1-22-28(3-2-4-32(22)42-14-13-26-19-25(23-5-6-23)9-12-29(26)33(42)21-43)34-30-20-31(38-35(30)40-36(37)39-34)24-7-10-27(11-8-24)41-15-17-44-18-16-41/h2-4,7-14,19-21,23,33H,5-6,15-18H2,1H3,(H3,37,38,39,40). The quantitative estimate of drug-likeness (QED) is 0.217. The Morgan fingerprint density at radius 3 is 2.59 bits per heavy atom. The molecule has 2 aliphatic heterocycles. The molecule has 1 saturated carbocycles. The molecule has 1 unspecified atom stereocenters. The highest BCUT2D eigenvalue weighted by atomic mass is 16.5. The Balaban J connectivity index is 1.15. The molecule has 3 N–H and O–H groups in total. The lowest BCUT2D eigenvalue weighted by Crippen LogP contribution is -2.36. The van der Waals surface area contributed by atoms with Crippen molar-refractivity contribution < 1.29 is 9.53 Å². The number of morpholine rings is 1. The number of nitrogens with two attached hydrogens (primary N) is 1. The van der Waals surface area contributed by atoms with Crippen LogP contribution in [0.2, 0.25) is 0 Å². The molecule has 0 radical (unpaired) electrons. The average Bonchev–Trinajstić information content (AvgIpc) is 3.83. The van der Waals surface area contributed by atoms with Crippen molar-refractivity contribution in [2.24, 2.45) is 0 Å². The Kier molecular flexibility index (Phi) is 6.45. The molecule has 44 heavy (non-hydrogen) atoms. The van der Waals surface area contributed by atoms with Crippen LogP contribution in [-0.4, -0.2) is 47.5 Å². The van der Waals surface area contributed by atoms with Crippen LogP contribution in [0.3, 0.4) is 0 Å². The zero-order valence-electron chi connectivity index (χ0n) is 24.7. The van der Waals surface area contributed by atoms with Crippen molar-refractivity contribution in [1.82, 2.24) is 15.0 Å². The second kappa shape index (κ2) is 10.6. The fourth-order valence-corrected chi connectivity index (χ4v) is 6.67. The van der Waals surface area contributed by atoms with Gasteiger partial charge in [0.15, 0.2) is 0 Å². The summed E-state index contributed by atoms with van der Waals surface area (Å²) in [7, 11) is 0. The van der Waals surface area contributed by atoms with Crippen LogP contribution in [0, 0.1) is 6.92 Å². The van der Waals surface area contributed by atoms with E-state index in [2.05, 4.69) is 93.4 Å². The lowest BCUT2D eigenvalue weighted by Gasteiger charge is -2.33. The number of ether oxygens (including phenoxy) is 1. The first kappa shape index (κ1) is 26.7. The molecule has 4 heterocycles. The number of anilines is 3. The van der Waals surface area contributed by atoms with Crippen LogP contribution >= 0.6 is 0 Å². The minimum atomic E-state index is -0.410. The van der Waals surface area contributed by atoms with E-state index in [0.29, 0.717) is 11.6 Å². The first-order valence-electron chi connectivity index (χ1n) is 15.3. The Labute approximate surface area is 256 Å². The van der Waals surface area contributed by atoms with Gasteiger partial charge in [-0.25, -0.2) is 4.98 Å². The van der Waals surface area contributed by atoms with E-state index in [9.17, 15) is 4.79 Å². The number of aromatic nitrogens is 3. The highest BCUT2D eigenvalue weighted by Gasteiger charge is 2.29. The van der Waals surface area contributed by atoms with Gasteiger partial charge in [0.05, 0.1) is 18.9 Å². The molecule has 0 spiro atoms. The van der Waals surface area contributed by atoms with Gasteiger partial charge in [-0.3, -0.25) is 0 Å². The summed E-state index contributed by atoms with van der Waals surface area (Å²) >= 11 is 0. The summed E-state index contributed by atoms with van der Waals surface area (Å²) in [6, 6.07) is 23.0. The molecule has 0 bridgehead atoms. The third-order valence-electron chi connectivity index (χ3n) is 9.22. The molecule has 220 valence electrons. The third kappa shape index (κ3) is 4.62. The molecule has 1 aliphatic carbocycles. The van der Waals surface area contributed by atoms with Crippen LogP contribution in [0.25, 0.3) is 39.6 Å². The number of H-pyrrole nitrogens is 1. The zero-order chi connectivity index (χ0) is 29.8. The van der Waals surface area contributed by atoms with Gasteiger partial charge in [0.25, 0.3) is 0 Å². The number of nitrogens with zero attached hydrogens (tertiary/aromatic N) is 4. The number of carbonyl (C=O) groups is 1. The SMILES string of the molecule is Cc1c(-c2nc(N)nc3[nH]c(-c4ccc(N5CCOCC5)cc4)cc23)cccc1N1C=Cc2cc(C3CC3)ccc2C1C=O. The summed E-state index contributed by atoms with van der Waals surface area (Å²) in [5.74, 6) is 0.873. The lowest BCUT2D eigenvalue weighted by molar-refractivity contribution is -0.109. The second-order valence-electron chi connectivity index (χ2n) is 11.9. The van der Waals surface area contributed by atoms with Crippen LogP contribution in [0.5, 0.6) is 0 Å². The molecule has 3 aliphatic rings. The number of nitrogens with one attached hydrogen (secondary N) is 1. The van der Waals surface area contributed by atoms with Crippen LogP contribution in [0.1, 0.15) is 47.1 Å². The van der Waals surface area contributed by atoms with E-state index < -0.39 is 6.04 Å². The van der Waals surface area contributed by atoms with Crippen LogP contribution in [0.4, 0.5) is 17.3 Å². The molecule has 8 heteroatoms. The van der Waals surface area contributed by atoms with Gasteiger partial charge in [0, 0.05) is 47.3 Å². The number of aromatic amines is 1. The largest absolute Gasteiger partial charge is 0.378 e. The number of nitrogen functional groups attached to an aromatic ring is 1. The van der Waals surface area contributed by atoms with E-state index in [1.807, 2.05) is 12.3 Å². The maximum absolute atomic E-state index is 12.5. The van der Waals surface area contributed by atoms with E-state index in [1.165, 1.54) is 24.1 Å². The second-order valence-corrected chi connectivity index (χ2v) is 11.9. The Morgan fingerprint density at radius 2 is 1.82 bits per heavy atom. The fourth-order valence-electron chi connectivity index (χ4n) is 6.67. The topological polar surface area (TPSA) is 100 Å². The van der Waals surface area contributed by atoms with Crippen molar-refractivity contribution in [3.8, 4) is 22.5 Å². The van der Waals surface area contributed by atoms with E-state index in [1.54, 1.807) is 0 Å². The van der Waals surface area contributed by atoms with Gasteiger partial charge < -0.3 is 30.0 Å². The molecule has 2 aromatic heterocycles. The van der Waals surface area contributed by atoms with Crippen LogP contribution in [-0.2, 0) is 9.53 Å². The number of benzene rings is 3. The summed E-state index contributed by atoms with van der Waals surface area (Å²) in [6.45, 7) is 5.39. The summed E-state index contributed by atoms with van der Waals surface area (Å²) in [6.07, 6.45) is 7.69. The zero-order valence-corrected chi connectivity index (χ0v) is 24.7. The monoisotopic (exact) mass is 582 g/mol. The van der Waals surface area contributed by atoms with E-state index >= 15 is 0 Å². The van der Waals surface area contributed by atoms with E-state index in [0.717, 1.165) is 82.9 Å². The molecule has 3 aromatic carbocycles. The third-order valence-corrected chi connectivity index (χ3v) is 9.22. The summed E-state index contributed by atoms with van der Waals surface area (Å²) in [5.41, 5.74) is 17.3. The van der Waals surface area contributed by atoms with Gasteiger partial charge in [-0.1, -0.05) is 42.5 Å². The van der Waals surface area contributed by atoms with Crippen molar-refractivity contribution in [3.05, 3.63) is 95.2 Å². The van der Waals surface area contributed by atoms with Crippen molar-refractivity contribution in [2.45, 2.75) is 31.7 Å². The summed E-state index contributed by atoms with van der Waals surface area (Å²) < 4.78 is 5.50. The molecular weight excluding hydrogens is 548 g/mol. The number of rotatable bonds is 6. The minimum Gasteiger partial charge on any atom is -0.378 e. The highest BCUT2D eigenvalue weighted by molar-refractivity contribution is 5.97. The van der Waals surface area contributed by atoms with Crippen molar-refractivity contribution in [1.29, 1.82) is 0 Å². The Bertz CT molecular complexity index is 1920. The average molecular weight is 583 g/mol. The van der Waals surface area contributed by atoms with Gasteiger partial charge in [0.1, 0.15) is 18.0 Å². The van der Waals surface area contributed by atoms with Crippen LogP contribution < -0.4 is 15.5 Å². The molecule has 8 nitrogen and oxygen atoms in total. The smallest absolute Gasteiger partial charge is 0.222 e. The number of aldehydes is 1. The fraction of sp³-hybridized carbons (Fsp3) is 0.250. The van der Waals surface area contributed by atoms with E-state index in [4.69, 9.17) is 15.5 Å². The number of fused-ring (bicyclic) bond motifs is 2. The van der Waals surface area contributed by atoms with Gasteiger partial charge in [-0.15, -0.1) is 0 Å². The Hall–Kier alpha value is -4.95. The first-order valence-corrected chi connectivity index (χ1v) is 15.3. The van der Waals surface area contributed by atoms with Crippen molar-refractivity contribution in [3.63, 3.8) is 0 Å². The van der Waals surface area contributed by atoms with E-state index in [-0.39, 0.29) is 5.95 Å². The minimum absolute atomic E-state index is 0.206. The molecule has 1 saturated heterocycles. The van der Waals surface area contributed by atoms with Crippen molar-refractivity contribution >= 4 is 40.7 Å². The molecule has 0 amide bonds. The lowest BCUT2D eigenvalue weighted by atomic mass is 9.92. The van der Waals surface area contributed by atoms with Gasteiger partial charge in [-0.05, 0) is 83.8 Å². The summed E-state index contributed by atoms with van der Waals surface area (Å²) in [5, 5.41) is 0.894. The molecular formula is C36H34N6O2. The number of hydrogen-bond donors (Lipinski definition) is 2. The normalized spacial score (nSPS) is 18.1. The molecule has 1 atom stereocenters. The van der Waals surface area contributed by atoms with Crippen molar-refractivity contribution in [2.75, 3.05) is 41.8 Å². The maximum atomic E-state index is 12.5. The Morgan fingerprint density at radius 1 is 1.00 bits per heavy atom. The van der Waals surface area contributed by atoms with Gasteiger partial charge >= 0.3 is 0 Å². The predicted molar refractivity (Wildman–Crippen MR) is 176 cm³/mol. The predicted octanol–water partition coefficient (Wildman–Crippen LogP) is 6.63. The maximum Gasteiger partial charge on any atom is 0.222 e. The number of carbonyl (C=O) groups excluding carboxylic acids is 1. The summed E-state index contributed by atoms with van der Waals surface area (Å²) in [4.78, 5) is 29.7. The van der Waals surface area contributed by atoms with Crippen LogP contribution in [0.15, 0.2) is 72.9 Å². The highest BCUT2D eigenvalue weighted by Crippen LogP contribution is 2.44.